The lowest BCUT2D eigenvalue weighted by atomic mass is 10.1. The fraction of sp³-hybridized carbons (Fsp3) is 0.429. The second-order valence-electron chi connectivity index (χ2n) is 4.71. The monoisotopic (exact) mass is 278 g/mol. The van der Waals surface area contributed by atoms with Crippen molar-refractivity contribution in [2.45, 2.75) is 18.9 Å². The third-order valence-corrected chi connectivity index (χ3v) is 3.63. The lowest BCUT2D eigenvalue weighted by molar-refractivity contribution is -0.136. The summed E-state index contributed by atoms with van der Waals surface area (Å²) in [5, 5.41) is 0.650. The summed E-state index contributed by atoms with van der Waals surface area (Å²) in [5.74, 6) is 0.733. The molecule has 1 amide bonds. The van der Waals surface area contributed by atoms with Crippen LogP contribution in [0.5, 0.6) is 0 Å². The molecule has 1 fully saturated rings. The molecule has 100 valence electrons. The van der Waals surface area contributed by atoms with Crippen molar-refractivity contribution >= 4 is 23.3 Å². The fourth-order valence-electron chi connectivity index (χ4n) is 2.48. The molecule has 3 rings (SSSR count). The van der Waals surface area contributed by atoms with Crippen molar-refractivity contribution in [2.24, 2.45) is 4.99 Å². The van der Waals surface area contributed by atoms with E-state index in [0.717, 1.165) is 18.4 Å². The molecule has 1 atom stereocenters. The van der Waals surface area contributed by atoms with Crippen LogP contribution in [0.2, 0.25) is 5.02 Å². The number of carbonyl (C=O) groups is 1. The molecule has 0 radical (unpaired) electrons. The summed E-state index contributed by atoms with van der Waals surface area (Å²) in [7, 11) is 0. The molecule has 1 unspecified atom stereocenters. The number of halogens is 1. The van der Waals surface area contributed by atoms with E-state index in [1.807, 2.05) is 24.3 Å². The molecule has 2 aliphatic rings. The van der Waals surface area contributed by atoms with Crippen LogP contribution in [0, 0.1) is 0 Å². The minimum atomic E-state index is -0.303. The first kappa shape index (κ1) is 12.6. The molecule has 1 aromatic carbocycles. The smallest absolute Gasteiger partial charge is 0.257 e. The van der Waals surface area contributed by atoms with Crippen LogP contribution in [0.25, 0.3) is 0 Å². The molecular formula is C14H15ClN2O2. The molecule has 0 spiro atoms. The number of nitrogens with zero attached hydrogens (tertiary/aromatic N) is 2. The SMILES string of the molecule is O=C(C1CCCO1)N1CCN=C1c1cccc(Cl)c1. The highest BCUT2D eigenvalue weighted by Crippen LogP contribution is 2.20. The van der Waals surface area contributed by atoms with Gasteiger partial charge < -0.3 is 4.74 Å². The zero-order valence-electron chi connectivity index (χ0n) is 10.5. The lowest BCUT2D eigenvalue weighted by Gasteiger charge is -2.21. The number of benzene rings is 1. The number of rotatable bonds is 2. The Hall–Kier alpha value is -1.39. The Labute approximate surface area is 117 Å². The van der Waals surface area contributed by atoms with Gasteiger partial charge in [0.2, 0.25) is 0 Å². The Balaban J connectivity index is 1.83. The summed E-state index contributed by atoms with van der Waals surface area (Å²) in [5.41, 5.74) is 0.886. The summed E-state index contributed by atoms with van der Waals surface area (Å²) >= 11 is 5.99. The van der Waals surface area contributed by atoms with Gasteiger partial charge in [0.25, 0.3) is 5.91 Å². The summed E-state index contributed by atoms with van der Waals surface area (Å²) in [6, 6.07) is 7.44. The average Bonchev–Trinajstić information content (AvgIpc) is 3.09. The van der Waals surface area contributed by atoms with E-state index in [2.05, 4.69) is 4.99 Å². The zero-order valence-corrected chi connectivity index (χ0v) is 11.3. The van der Waals surface area contributed by atoms with E-state index in [1.54, 1.807) is 4.90 Å². The summed E-state index contributed by atoms with van der Waals surface area (Å²) in [4.78, 5) is 18.6. The van der Waals surface area contributed by atoms with Gasteiger partial charge in [-0.3, -0.25) is 14.7 Å². The van der Waals surface area contributed by atoms with Crippen molar-refractivity contribution < 1.29 is 9.53 Å². The molecule has 1 aromatic rings. The molecular weight excluding hydrogens is 264 g/mol. The van der Waals surface area contributed by atoms with Gasteiger partial charge in [0.1, 0.15) is 11.9 Å². The van der Waals surface area contributed by atoms with Gasteiger partial charge in [0, 0.05) is 23.7 Å². The predicted molar refractivity (Wildman–Crippen MR) is 73.5 cm³/mol. The van der Waals surface area contributed by atoms with Crippen LogP contribution < -0.4 is 0 Å². The van der Waals surface area contributed by atoms with Crippen LogP contribution in [0.3, 0.4) is 0 Å². The number of amidine groups is 1. The number of hydrogen-bond acceptors (Lipinski definition) is 3. The molecule has 0 saturated carbocycles. The van der Waals surface area contributed by atoms with Gasteiger partial charge in [-0.2, -0.15) is 0 Å². The van der Waals surface area contributed by atoms with Crippen LogP contribution in [0.15, 0.2) is 29.3 Å². The van der Waals surface area contributed by atoms with E-state index < -0.39 is 0 Å². The lowest BCUT2D eigenvalue weighted by Crippen LogP contribution is -2.41. The van der Waals surface area contributed by atoms with Gasteiger partial charge in [-0.05, 0) is 25.0 Å². The van der Waals surface area contributed by atoms with Crippen LogP contribution in [-0.4, -0.2) is 42.4 Å². The van der Waals surface area contributed by atoms with E-state index in [-0.39, 0.29) is 12.0 Å². The molecule has 5 heteroatoms. The maximum atomic E-state index is 12.4. The second kappa shape index (κ2) is 5.31. The Morgan fingerprint density at radius 3 is 3.11 bits per heavy atom. The second-order valence-corrected chi connectivity index (χ2v) is 5.14. The molecule has 0 bridgehead atoms. The van der Waals surface area contributed by atoms with Crippen LogP contribution in [-0.2, 0) is 9.53 Å². The highest BCUT2D eigenvalue weighted by atomic mass is 35.5. The molecule has 0 aromatic heterocycles. The number of amides is 1. The molecule has 4 nitrogen and oxygen atoms in total. The van der Waals surface area contributed by atoms with Gasteiger partial charge in [-0.1, -0.05) is 23.7 Å². The predicted octanol–water partition coefficient (Wildman–Crippen LogP) is 2.11. The van der Waals surface area contributed by atoms with Crippen molar-refractivity contribution in [1.82, 2.24) is 4.90 Å². The Bertz CT molecular complexity index is 524. The quantitative estimate of drug-likeness (QED) is 0.831. The van der Waals surface area contributed by atoms with E-state index >= 15 is 0 Å². The van der Waals surface area contributed by atoms with Crippen molar-refractivity contribution in [3.8, 4) is 0 Å². The first-order valence-corrected chi connectivity index (χ1v) is 6.87. The maximum Gasteiger partial charge on any atom is 0.257 e. The Kier molecular flexibility index (Phi) is 3.53. The number of aliphatic imine (C=N–C) groups is 1. The van der Waals surface area contributed by atoms with Crippen LogP contribution >= 0.6 is 11.6 Å². The van der Waals surface area contributed by atoms with Crippen molar-refractivity contribution in [2.75, 3.05) is 19.7 Å². The molecule has 1 saturated heterocycles. The average molecular weight is 279 g/mol. The third-order valence-electron chi connectivity index (χ3n) is 3.39. The Morgan fingerprint density at radius 1 is 1.47 bits per heavy atom. The molecule has 0 N–H and O–H groups in total. The van der Waals surface area contributed by atoms with Gasteiger partial charge in [0.15, 0.2) is 0 Å². The standard InChI is InChI=1S/C14H15ClN2O2/c15-11-4-1-3-10(9-11)13-16-6-7-17(13)14(18)12-5-2-8-19-12/h1,3-4,9,12H,2,5-8H2. The van der Waals surface area contributed by atoms with Gasteiger partial charge in [0.05, 0.1) is 6.54 Å². The molecule has 0 aliphatic carbocycles. The molecule has 2 aliphatic heterocycles. The normalized spacial score (nSPS) is 22.7. The maximum absolute atomic E-state index is 12.4. The van der Waals surface area contributed by atoms with Gasteiger partial charge in [-0.25, -0.2) is 0 Å². The van der Waals surface area contributed by atoms with Gasteiger partial charge >= 0.3 is 0 Å². The number of ether oxygens (including phenoxy) is 1. The first-order chi connectivity index (χ1) is 9.25. The summed E-state index contributed by atoms with van der Waals surface area (Å²) in [6.07, 6.45) is 1.45. The summed E-state index contributed by atoms with van der Waals surface area (Å²) < 4.78 is 5.46. The minimum Gasteiger partial charge on any atom is -0.368 e. The highest BCUT2D eigenvalue weighted by Gasteiger charge is 2.33. The van der Waals surface area contributed by atoms with Crippen molar-refractivity contribution in [3.05, 3.63) is 34.9 Å². The van der Waals surface area contributed by atoms with Crippen LogP contribution in [0.1, 0.15) is 18.4 Å². The van der Waals surface area contributed by atoms with E-state index in [0.29, 0.717) is 30.6 Å². The van der Waals surface area contributed by atoms with Gasteiger partial charge in [-0.15, -0.1) is 0 Å². The topological polar surface area (TPSA) is 41.9 Å². The number of carbonyl (C=O) groups excluding carboxylic acids is 1. The largest absolute Gasteiger partial charge is 0.368 e. The molecule has 19 heavy (non-hydrogen) atoms. The van der Waals surface area contributed by atoms with E-state index in [1.165, 1.54) is 0 Å². The highest BCUT2D eigenvalue weighted by molar-refractivity contribution is 6.31. The van der Waals surface area contributed by atoms with Crippen LogP contribution in [0.4, 0.5) is 0 Å². The summed E-state index contributed by atoms with van der Waals surface area (Å²) in [6.45, 7) is 1.94. The fourth-order valence-corrected chi connectivity index (χ4v) is 2.67. The number of hydrogen-bond donors (Lipinski definition) is 0. The minimum absolute atomic E-state index is 0.0220. The first-order valence-electron chi connectivity index (χ1n) is 6.49. The van der Waals surface area contributed by atoms with Crippen molar-refractivity contribution in [1.29, 1.82) is 0 Å². The Morgan fingerprint density at radius 2 is 2.37 bits per heavy atom. The zero-order chi connectivity index (χ0) is 13.2. The van der Waals surface area contributed by atoms with E-state index in [9.17, 15) is 4.79 Å². The van der Waals surface area contributed by atoms with Crippen molar-refractivity contribution in [3.63, 3.8) is 0 Å². The van der Waals surface area contributed by atoms with E-state index in [4.69, 9.17) is 16.3 Å². The third kappa shape index (κ3) is 2.51. The molecule has 2 heterocycles.